The summed E-state index contributed by atoms with van der Waals surface area (Å²) in [7, 11) is 1.37. The SMILES string of the molecule is COC(=O)c1cccc(C=CCCO)c1C. The van der Waals surface area contributed by atoms with E-state index < -0.39 is 0 Å². The highest BCUT2D eigenvalue weighted by Crippen LogP contribution is 2.16. The molecule has 86 valence electrons. The quantitative estimate of drug-likeness (QED) is 0.791. The average Bonchev–Trinajstić information content (AvgIpc) is 2.30. The molecule has 0 unspecified atom stereocenters. The van der Waals surface area contributed by atoms with E-state index in [4.69, 9.17) is 9.84 Å². The topological polar surface area (TPSA) is 46.5 Å². The number of hydrogen-bond acceptors (Lipinski definition) is 3. The van der Waals surface area contributed by atoms with E-state index in [1.165, 1.54) is 7.11 Å². The maximum atomic E-state index is 11.4. The van der Waals surface area contributed by atoms with Gasteiger partial charge in [0.1, 0.15) is 0 Å². The van der Waals surface area contributed by atoms with Gasteiger partial charge >= 0.3 is 5.97 Å². The monoisotopic (exact) mass is 220 g/mol. The van der Waals surface area contributed by atoms with Crippen molar-refractivity contribution in [2.45, 2.75) is 13.3 Å². The van der Waals surface area contributed by atoms with E-state index >= 15 is 0 Å². The minimum atomic E-state index is -0.324. The molecule has 1 rings (SSSR count). The molecular weight excluding hydrogens is 204 g/mol. The second kappa shape index (κ2) is 6.08. The Morgan fingerprint density at radius 2 is 2.25 bits per heavy atom. The van der Waals surface area contributed by atoms with E-state index in [0.717, 1.165) is 11.1 Å². The van der Waals surface area contributed by atoms with Crippen LogP contribution >= 0.6 is 0 Å². The molecule has 0 aliphatic rings. The van der Waals surface area contributed by atoms with E-state index in [1.54, 1.807) is 6.07 Å². The molecule has 1 N–H and O–H groups in total. The van der Waals surface area contributed by atoms with Gasteiger partial charge in [0.05, 0.1) is 12.7 Å². The number of hydrogen-bond donors (Lipinski definition) is 1. The van der Waals surface area contributed by atoms with E-state index in [2.05, 4.69) is 0 Å². The normalized spacial score (nSPS) is 10.7. The molecule has 1 aromatic rings. The number of carbonyl (C=O) groups is 1. The van der Waals surface area contributed by atoms with Gasteiger partial charge < -0.3 is 9.84 Å². The summed E-state index contributed by atoms with van der Waals surface area (Å²) < 4.78 is 4.69. The number of aliphatic hydroxyl groups excluding tert-OH is 1. The van der Waals surface area contributed by atoms with Crippen LogP contribution in [0.15, 0.2) is 24.3 Å². The van der Waals surface area contributed by atoms with E-state index in [0.29, 0.717) is 12.0 Å². The summed E-state index contributed by atoms with van der Waals surface area (Å²) in [5.41, 5.74) is 2.44. The first-order valence-corrected chi connectivity index (χ1v) is 5.16. The lowest BCUT2D eigenvalue weighted by atomic mass is 10.0. The lowest BCUT2D eigenvalue weighted by Gasteiger charge is -2.06. The van der Waals surface area contributed by atoms with Gasteiger partial charge in [-0.3, -0.25) is 0 Å². The molecule has 0 aliphatic heterocycles. The van der Waals surface area contributed by atoms with Crippen LogP contribution in [-0.4, -0.2) is 24.8 Å². The minimum Gasteiger partial charge on any atom is -0.465 e. The lowest BCUT2D eigenvalue weighted by molar-refractivity contribution is 0.0600. The molecule has 0 saturated heterocycles. The number of carbonyl (C=O) groups excluding carboxylic acids is 1. The maximum Gasteiger partial charge on any atom is 0.338 e. The molecule has 0 bridgehead atoms. The summed E-state index contributed by atoms with van der Waals surface area (Å²) in [6.45, 7) is 2.01. The maximum absolute atomic E-state index is 11.4. The Labute approximate surface area is 95.4 Å². The Balaban J connectivity index is 2.99. The number of rotatable bonds is 4. The molecule has 0 atom stereocenters. The number of methoxy groups -OCH3 is 1. The van der Waals surface area contributed by atoms with Crippen LogP contribution in [0.4, 0.5) is 0 Å². The molecule has 16 heavy (non-hydrogen) atoms. The summed E-state index contributed by atoms with van der Waals surface area (Å²) >= 11 is 0. The van der Waals surface area contributed by atoms with Crippen LogP contribution in [-0.2, 0) is 4.74 Å². The summed E-state index contributed by atoms with van der Waals surface area (Å²) in [5.74, 6) is -0.324. The molecule has 3 nitrogen and oxygen atoms in total. The van der Waals surface area contributed by atoms with Crippen LogP contribution in [0.3, 0.4) is 0 Å². The predicted molar refractivity (Wildman–Crippen MR) is 63.3 cm³/mol. The summed E-state index contributed by atoms with van der Waals surface area (Å²) in [6, 6.07) is 5.48. The standard InChI is InChI=1S/C13H16O3/c1-10-11(6-3-4-9-14)7-5-8-12(10)13(15)16-2/h3,5-8,14H,4,9H2,1-2H3. The van der Waals surface area contributed by atoms with E-state index in [-0.39, 0.29) is 12.6 Å². The van der Waals surface area contributed by atoms with Crippen LogP contribution in [0.2, 0.25) is 0 Å². The first kappa shape index (κ1) is 12.5. The van der Waals surface area contributed by atoms with Gasteiger partial charge in [-0.25, -0.2) is 4.79 Å². The zero-order chi connectivity index (χ0) is 12.0. The zero-order valence-corrected chi connectivity index (χ0v) is 9.56. The molecule has 0 heterocycles. The Kier molecular flexibility index (Phi) is 4.73. The third-order valence-electron chi connectivity index (χ3n) is 2.37. The van der Waals surface area contributed by atoms with Gasteiger partial charge in [-0.1, -0.05) is 24.3 Å². The summed E-state index contributed by atoms with van der Waals surface area (Å²) in [6.07, 6.45) is 4.39. The number of aliphatic hydroxyl groups is 1. The Morgan fingerprint density at radius 1 is 1.50 bits per heavy atom. The van der Waals surface area contributed by atoms with Gasteiger partial charge in [0.2, 0.25) is 0 Å². The molecule has 0 amide bonds. The predicted octanol–water partition coefficient (Wildman–Crippen LogP) is 2.18. The van der Waals surface area contributed by atoms with Crippen molar-refractivity contribution < 1.29 is 14.6 Å². The molecule has 3 heteroatoms. The van der Waals surface area contributed by atoms with Gasteiger partial charge in [0.25, 0.3) is 0 Å². The van der Waals surface area contributed by atoms with Crippen LogP contribution in [0.5, 0.6) is 0 Å². The second-order valence-electron chi connectivity index (χ2n) is 3.43. The van der Waals surface area contributed by atoms with Crippen molar-refractivity contribution in [3.63, 3.8) is 0 Å². The molecule has 0 aliphatic carbocycles. The zero-order valence-electron chi connectivity index (χ0n) is 9.56. The van der Waals surface area contributed by atoms with Gasteiger partial charge in [-0.2, -0.15) is 0 Å². The Morgan fingerprint density at radius 3 is 2.88 bits per heavy atom. The van der Waals surface area contributed by atoms with Crippen LogP contribution in [0, 0.1) is 6.92 Å². The van der Waals surface area contributed by atoms with Crippen molar-refractivity contribution in [2.24, 2.45) is 0 Å². The molecule has 1 aromatic carbocycles. The highest BCUT2D eigenvalue weighted by Gasteiger charge is 2.09. The smallest absolute Gasteiger partial charge is 0.338 e. The third-order valence-corrected chi connectivity index (χ3v) is 2.37. The fourth-order valence-electron chi connectivity index (χ4n) is 1.45. The summed E-state index contributed by atoms with van der Waals surface area (Å²) in [4.78, 5) is 11.4. The van der Waals surface area contributed by atoms with Crippen molar-refractivity contribution >= 4 is 12.0 Å². The molecule has 0 saturated carbocycles. The molecular formula is C13H16O3. The average molecular weight is 220 g/mol. The van der Waals surface area contributed by atoms with Crippen LogP contribution < -0.4 is 0 Å². The number of benzene rings is 1. The number of ether oxygens (including phenoxy) is 1. The van der Waals surface area contributed by atoms with Crippen LogP contribution in [0.1, 0.15) is 27.9 Å². The van der Waals surface area contributed by atoms with Gasteiger partial charge in [0.15, 0.2) is 0 Å². The van der Waals surface area contributed by atoms with Crippen LogP contribution in [0.25, 0.3) is 6.08 Å². The molecule has 0 spiro atoms. The highest BCUT2D eigenvalue weighted by atomic mass is 16.5. The highest BCUT2D eigenvalue weighted by molar-refractivity contribution is 5.92. The molecule has 0 aromatic heterocycles. The fraction of sp³-hybridized carbons (Fsp3) is 0.308. The van der Waals surface area contributed by atoms with Crippen molar-refractivity contribution in [2.75, 3.05) is 13.7 Å². The largest absolute Gasteiger partial charge is 0.465 e. The first-order valence-electron chi connectivity index (χ1n) is 5.16. The van der Waals surface area contributed by atoms with Gasteiger partial charge in [-0.05, 0) is 30.5 Å². The lowest BCUT2D eigenvalue weighted by Crippen LogP contribution is -2.04. The third kappa shape index (κ3) is 2.94. The van der Waals surface area contributed by atoms with Crippen molar-refractivity contribution in [1.82, 2.24) is 0 Å². The van der Waals surface area contributed by atoms with Gasteiger partial charge in [0, 0.05) is 6.61 Å². The van der Waals surface area contributed by atoms with E-state index in [9.17, 15) is 4.79 Å². The number of esters is 1. The van der Waals surface area contributed by atoms with Crippen molar-refractivity contribution in [1.29, 1.82) is 0 Å². The summed E-state index contributed by atoms with van der Waals surface area (Å²) in [5, 5.41) is 8.67. The van der Waals surface area contributed by atoms with Crippen molar-refractivity contribution in [3.05, 3.63) is 41.0 Å². The first-order chi connectivity index (χ1) is 7.70. The molecule has 0 radical (unpaired) electrons. The Hall–Kier alpha value is -1.61. The molecule has 0 fully saturated rings. The van der Waals surface area contributed by atoms with Crippen molar-refractivity contribution in [3.8, 4) is 0 Å². The second-order valence-corrected chi connectivity index (χ2v) is 3.43. The Bertz CT molecular complexity index is 394. The van der Waals surface area contributed by atoms with Gasteiger partial charge in [-0.15, -0.1) is 0 Å². The van der Waals surface area contributed by atoms with E-state index in [1.807, 2.05) is 31.2 Å². The minimum absolute atomic E-state index is 0.131. The fourth-order valence-corrected chi connectivity index (χ4v) is 1.45.